The molecule has 2 aliphatic rings. The van der Waals surface area contributed by atoms with Gasteiger partial charge in [-0.25, -0.2) is 9.78 Å². The fourth-order valence-corrected chi connectivity index (χ4v) is 6.21. The summed E-state index contributed by atoms with van der Waals surface area (Å²) in [5, 5.41) is 3.54. The molecule has 3 aromatic rings. The van der Waals surface area contributed by atoms with E-state index in [0.717, 1.165) is 55.1 Å². The number of anilines is 1. The summed E-state index contributed by atoms with van der Waals surface area (Å²) in [6.07, 6.45) is 3.58. The Hall–Kier alpha value is -2.81. The van der Waals surface area contributed by atoms with Gasteiger partial charge in [-0.3, -0.25) is 14.6 Å². The molecule has 1 N–H and O–H groups in total. The van der Waals surface area contributed by atoms with Gasteiger partial charge in [0.15, 0.2) is 0 Å². The minimum atomic E-state index is -0.463. The normalized spacial score (nSPS) is 19.1. The Bertz CT molecular complexity index is 1220. The predicted molar refractivity (Wildman–Crippen MR) is 134 cm³/mol. The first-order valence-electron chi connectivity index (χ1n) is 11.8. The highest BCUT2D eigenvalue weighted by Gasteiger charge is 2.27. The molecule has 1 atom stereocenters. The number of aryl methyl sites for hydroxylation is 1. The molecule has 1 aliphatic heterocycles. The molecule has 0 radical (unpaired) electrons. The second kappa shape index (κ2) is 9.82. The van der Waals surface area contributed by atoms with E-state index in [1.165, 1.54) is 49.3 Å². The summed E-state index contributed by atoms with van der Waals surface area (Å²) >= 11 is 1.26. The molecule has 2 aromatic heterocycles. The van der Waals surface area contributed by atoms with E-state index in [9.17, 15) is 9.59 Å². The molecule has 0 spiro atoms. The number of pyridine rings is 1. The Morgan fingerprint density at radius 3 is 2.62 bits per heavy atom. The number of fused-ring (bicyclic) bond motifs is 2. The number of esters is 1. The van der Waals surface area contributed by atoms with Gasteiger partial charge < -0.3 is 10.1 Å². The van der Waals surface area contributed by atoms with E-state index in [4.69, 9.17) is 9.72 Å². The van der Waals surface area contributed by atoms with E-state index in [2.05, 4.69) is 39.4 Å². The monoisotopic (exact) mass is 478 g/mol. The minimum Gasteiger partial charge on any atom is -0.465 e. The van der Waals surface area contributed by atoms with Crippen molar-refractivity contribution in [3.05, 3.63) is 58.1 Å². The summed E-state index contributed by atoms with van der Waals surface area (Å²) < 4.78 is 4.90. The van der Waals surface area contributed by atoms with Gasteiger partial charge in [0.05, 0.1) is 18.5 Å². The lowest BCUT2D eigenvalue weighted by Gasteiger charge is -2.41. The molecule has 3 heterocycles. The molecular weight excluding hydrogens is 448 g/mol. The maximum atomic E-state index is 12.2. The van der Waals surface area contributed by atoms with Crippen molar-refractivity contribution in [2.45, 2.75) is 38.8 Å². The quantitative estimate of drug-likeness (QED) is 0.564. The number of piperazine rings is 1. The number of rotatable bonds is 5. The van der Waals surface area contributed by atoms with E-state index in [-0.39, 0.29) is 5.91 Å². The molecule has 178 valence electrons. The van der Waals surface area contributed by atoms with Crippen LogP contribution in [-0.2, 0) is 28.9 Å². The van der Waals surface area contributed by atoms with Gasteiger partial charge in [-0.2, -0.15) is 0 Å². The van der Waals surface area contributed by atoms with Gasteiger partial charge >= 0.3 is 5.97 Å². The maximum absolute atomic E-state index is 12.2. The zero-order valence-corrected chi connectivity index (χ0v) is 20.5. The molecule has 7 nitrogen and oxygen atoms in total. The molecule has 0 saturated carbocycles. The lowest BCUT2D eigenvalue weighted by atomic mass is 9.87. The third kappa shape index (κ3) is 4.71. The number of hydrogen-bond donors (Lipinski definition) is 1. The minimum absolute atomic E-state index is 0.228. The molecule has 1 amide bonds. The Morgan fingerprint density at radius 2 is 1.88 bits per heavy atom. The second-order valence-corrected chi connectivity index (χ2v) is 10.1. The number of carbonyl (C=O) groups excluding carboxylic acids is 2. The zero-order chi connectivity index (χ0) is 23.7. The van der Waals surface area contributed by atoms with Crippen molar-refractivity contribution in [3.8, 4) is 0 Å². The van der Waals surface area contributed by atoms with Gasteiger partial charge in [0.1, 0.15) is 9.71 Å². The van der Waals surface area contributed by atoms with Gasteiger partial charge in [-0.05, 0) is 42.5 Å². The SMILES string of the molecule is COC(=O)c1sc2nc(CN3CCN(C4CCc5ccccc5C4)CC3)ccc2c1NC(C)=O. The molecular formula is C26H30N4O3S. The molecule has 1 aromatic carbocycles. The Labute approximate surface area is 203 Å². The first-order chi connectivity index (χ1) is 16.5. The molecule has 8 heteroatoms. The van der Waals surface area contributed by atoms with Crippen LogP contribution < -0.4 is 5.32 Å². The Balaban J connectivity index is 1.24. The standard InChI is InChI=1S/C26H30N4O3S/c1-17(31)27-23-22-10-8-20(28-25(22)34-24(23)26(32)33-2)16-29-11-13-30(14-12-29)21-9-7-18-5-3-4-6-19(18)15-21/h3-6,8,10,21H,7,9,11-16H2,1-2H3,(H,27,31). The second-order valence-electron chi connectivity index (χ2n) is 9.11. The van der Waals surface area contributed by atoms with Crippen molar-refractivity contribution in [3.63, 3.8) is 0 Å². The summed E-state index contributed by atoms with van der Waals surface area (Å²) in [7, 11) is 1.34. The highest BCUT2D eigenvalue weighted by atomic mass is 32.1. The highest BCUT2D eigenvalue weighted by molar-refractivity contribution is 7.21. The van der Waals surface area contributed by atoms with E-state index in [1.807, 2.05) is 12.1 Å². The predicted octanol–water partition coefficient (Wildman–Crippen LogP) is 3.72. The smallest absolute Gasteiger partial charge is 0.350 e. The van der Waals surface area contributed by atoms with Crippen LogP contribution in [0, 0.1) is 0 Å². The first-order valence-corrected chi connectivity index (χ1v) is 12.6. The van der Waals surface area contributed by atoms with Gasteiger partial charge in [-0.15, -0.1) is 11.3 Å². The Kier molecular flexibility index (Phi) is 6.63. The number of methoxy groups -OCH3 is 1. The van der Waals surface area contributed by atoms with Crippen LogP contribution in [-0.4, -0.2) is 66.0 Å². The van der Waals surface area contributed by atoms with Crippen LogP contribution in [0.3, 0.4) is 0 Å². The maximum Gasteiger partial charge on any atom is 0.350 e. The molecule has 34 heavy (non-hydrogen) atoms. The van der Waals surface area contributed by atoms with Crippen LogP contribution >= 0.6 is 11.3 Å². The van der Waals surface area contributed by atoms with Crippen LogP contribution in [0.25, 0.3) is 10.2 Å². The average Bonchev–Trinajstić information content (AvgIpc) is 3.20. The van der Waals surface area contributed by atoms with Crippen molar-refractivity contribution in [2.75, 3.05) is 38.6 Å². The highest BCUT2D eigenvalue weighted by Crippen LogP contribution is 2.35. The molecule has 1 aliphatic carbocycles. The molecule has 1 saturated heterocycles. The zero-order valence-electron chi connectivity index (χ0n) is 19.7. The van der Waals surface area contributed by atoms with Crippen LogP contribution in [0.15, 0.2) is 36.4 Å². The topological polar surface area (TPSA) is 74.8 Å². The van der Waals surface area contributed by atoms with Crippen LogP contribution in [0.2, 0.25) is 0 Å². The third-order valence-electron chi connectivity index (χ3n) is 6.91. The van der Waals surface area contributed by atoms with Crippen molar-refractivity contribution in [2.24, 2.45) is 0 Å². The van der Waals surface area contributed by atoms with Crippen molar-refractivity contribution in [1.29, 1.82) is 0 Å². The number of carbonyl (C=O) groups is 2. The summed E-state index contributed by atoms with van der Waals surface area (Å²) in [5.41, 5.74) is 4.49. The lowest BCUT2D eigenvalue weighted by Crippen LogP contribution is -2.51. The van der Waals surface area contributed by atoms with E-state index >= 15 is 0 Å². The van der Waals surface area contributed by atoms with Gasteiger partial charge in [-0.1, -0.05) is 24.3 Å². The molecule has 5 rings (SSSR count). The number of amides is 1. The number of thiophene rings is 1. The van der Waals surface area contributed by atoms with Gasteiger partial charge in [0.25, 0.3) is 0 Å². The number of benzene rings is 1. The van der Waals surface area contributed by atoms with Gasteiger partial charge in [0.2, 0.25) is 5.91 Å². The number of nitrogens with one attached hydrogen (secondary N) is 1. The fraction of sp³-hybridized carbons (Fsp3) is 0.423. The van der Waals surface area contributed by atoms with Crippen LogP contribution in [0.1, 0.15) is 39.8 Å². The number of nitrogens with zero attached hydrogens (tertiary/aromatic N) is 3. The van der Waals surface area contributed by atoms with E-state index < -0.39 is 5.97 Å². The van der Waals surface area contributed by atoms with Crippen LogP contribution in [0.5, 0.6) is 0 Å². The Morgan fingerprint density at radius 1 is 1.12 bits per heavy atom. The van der Waals surface area contributed by atoms with E-state index in [1.54, 1.807) is 0 Å². The largest absolute Gasteiger partial charge is 0.465 e. The van der Waals surface area contributed by atoms with Gasteiger partial charge in [0, 0.05) is 51.1 Å². The van der Waals surface area contributed by atoms with Crippen molar-refractivity contribution < 1.29 is 14.3 Å². The fourth-order valence-electron chi connectivity index (χ4n) is 5.15. The van der Waals surface area contributed by atoms with Crippen molar-refractivity contribution >= 4 is 39.1 Å². The summed E-state index contributed by atoms with van der Waals surface area (Å²) in [5.74, 6) is -0.692. The van der Waals surface area contributed by atoms with E-state index in [0.29, 0.717) is 16.6 Å². The number of aromatic nitrogens is 1. The molecule has 1 unspecified atom stereocenters. The van der Waals surface area contributed by atoms with Crippen molar-refractivity contribution in [1.82, 2.24) is 14.8 Å². The average molecular weight is 479 g/mol. The third-order valence-corrected chi connectivity index (χ3v) is 7.99. The lowest BCUT2D eigenvalue weighted by molar-refractivity contribution is -0.114. The number of hydrogen-bond acceptors (Lipinski definition) is 7. The summed E-state index contributed by atoms with van der Waals surface area (Å²) in [6.45, 7) is 6.40. The molecule has 1 fully saturated rings. The molecule has 0 bridgehead atoms. The van der Waals surface area contributed by atoms with Crippen LogP contribution in [0.4, 0.5) is 5.69 Å². The summed E-state index contributed by atoms with van der Waals surface area (Å²) in [6, 6.07) is 13.4. The first kappa shape index (κ1) is 23.0. The number of ether oxygens (including phenoxy) is 1. The summed E-state index contributed by atoms with van der Waals surface area (Å²) in [4.78, 5) is 34.9.